The van der Waals surface area contributed by atoms with Crippen molar-refractivity contribution in [2.45, 2.75) is 58.5 Å². The van der Waals surface area contributed by atoms with Gasteiger partial charge in [-0.3, -0.25) is 9.59 Å². The van der Waals surface area contributed by atoms with Crippen LogP contribution in [0.3, 0.4) is 0 Å². The second-order valence-electron chi connectivity index (χ2n) is 4.61. The Hall–Kier alpha value is -1.10. The molecule has 0 radical (unpaired) electrons. The van der Waals surface area contributed by atoms with E-state index in [1.807, 2.05) is 6.92 Å². The summed E-state index contributed by atoms with van der Waals surface area (Å²) in [5.41, 5.74) is 0. The highest BCUT2D eigenvalue weighted by atomic mass is 16.4. The highest BCUT2D eigenvalue weighted by Gasteiger charge is 2.08. The van der Waals surface area contributed by atoms with Crippen LogP contribution in [0.1, 0.15) is 46.5 Å². The van der Waals surface area contributed by atoms with E-state index in [-0.39, 0.29) is 18.4 Å². The molecule has 0 aromatic rings. The number of carboxylic acids is 1. The second kappa shape index (κ2) is 8.98. The van der Waals surface area contributed by atoms with Crippen LogP contribution in [0.25, 0.3) is 0 Å². The smallest absolute Gasteiger partial charge is 0.303 e. The van der Waals surface area contributed by atoms with Crippen molar-refractivity contribution in [1.29, 1.82) is 0 Å². The minimum atomic E-state index is -0.827. The third-order valence-corrected chi connectivity index (χ3v) is 2.33. The fourth-order valence-corrected chi connectivity index (χ4v) is 1.40. The van der Waals surface area contributed by atoms with Gasteiger partial charge in [0.05, 0.1) is 0 Å². The average molecular weight is 244 g/mol. The van der Waals surface area contributed by atoms with Crippen molar-refractivity contribution in [3.05, 3.63) is 0 Å². The van der Waals surface area contributed by atoms with Crippen molar-refractivity contribution < 1.29 is 14.7 Å². The topological polar surface area (TPSA) is 78.4 Å². The maximum absolute atomic E-state index is 11.5. The van der Waals surface area contributed by atoms with Crippen LogP contribution < -0.4 is 10.6 Å². The fraction of sp³-hybridized carbons (Fsp3) is 0.833. The first-order valence-corrected chi connectivity index (χ1v) is 6.16. The molecule has 0 aliphatic rings. The molecule has 0 rings (SSSR count). The third kappa shape index (κ3) is 11.2. The minimum Gasteiger partial charge on any atom is -0.481 e. The summed E-state index contributed by atoms with van der Waals surface area (Å²) in [7, 11) is 0. The van der Waals surface area contributed by atoms with Crippen molar-refractivity contribution in [2.24, 2.45) is 0 Å². The Kier molecular flexibility index (Phi) is 8.40. The number of hydrogen-bond donors (Lipinski definition) is 3. The lowest BCUT2D eigenvalue weighted by Crippen LogP contribution is -2.33. The van der Waals surface area contributed by atoms with E-state index >= 15 is 0 Å². The zero-order valence-corrected chi connectivity index (χ0v) is 11.0. The molecular weight excluding hydrogens is 220 g/mol. The molecule has 0 bridgehead atoms. The standard InChI is InChI=1S/C12H24N2O3/c1-9(2)13-8-4-5-11(15)14-10(3)6-7-12(16)17/h9-10,13H,4-8H2,1-3H3,(H,14,15)(H,16,17). The Morgan fingerprint density at radius 1 is 1.18 bits per heavy atom. The van der Waals surface area contributed by atoms with Crippen molar-refractivity contribution in [2.75, 3.05) is 6.54 Å². The van der Waals surface area contributed by atoms with Crippen LogP contribution in [0.5, 0.6) is 0 Å². The predicted molar refractivity (Wildman–Crippen MR) is 66.8 cm³/mol. The zero-order chi connectivity index (χ0) is 13.3. The first-order chi connectivity index (χ1) is 7.91. The molecule has 0 aliphatic carbocycles. The van der Waals surface area contributed by atoms with Crippen molar-refractivity contribution >= 4 is 11.9 Å². The molecule has 5 heteroatoms. The van der Waals surface area contributed by atoms with E-state index in [4.69, 9.17) is 5.11 Å². The monoisotopic (exact) mass is 244 g/mol. The molecule has 1 unspecified atom stereocenters. The Labute approximate surface area is 103 Å². The first kappa shape index (κ1) is 15.9. The molecule has 0 aliphatic heterocycles. The van der Waals surface area contributed by atoms with Crippen LogP contribution in [0, 0.1) is 0 Å². The molecule has 5 nitrogen and oxygen atoms in total. The summed E-state index contributed by atoms with van der Waals surface area (Å²) < 4.78 is 0. The summed E-state index contributed by atoms with van der Waals surface area (Å²) in [4.78, 5) is 21.8. The van der Waals surface area contributed by atoms with Crippen LogP contribution >= 0.6 is 0 Å². The molecule has 0 heterocycles. The van der Waals surface area contributed by atoms with Crippen LogP contribution in [-0.2, 0) is 9.59 Å². The van der Waals surface area contributed by atoms with Gasteiger partial charge in [-0.1, -0.05) is 13.8 Å². The number of nitrogens with one attached hydrogen (secondary N) is 2. The molecule has 3 N–H and O–H groups in total. The lowest BCUT2D eigenvalue weighted by Gasteiger charge is -2.13. The molecule has 100 valence electrons. The molecule has 0 aromatic heterocycles. The number of carbonyl (C=O) groups is 2. The normalized spacial score (nSPS) is 12.5. The van der Waals surface area contributed by atoms with E-state index in [1.165, 1.54) is 0 Å². The Morgan fingerprint density at radius 2 is 1.82 bits per heavy atom. The first-order valence-electron chi connectivity index (χ1n) is 6.16. The quantitative estimate of drug-likeness (QED) is 0.531. The van der Waals surface area contributed by atoms with Crippen molar-refractivity contribution in [3.8, 4) is 0 Å². The molecule has 0 saturated heterocycles. The SMILES string of the molecule is CC(C)NCCCC(=O)NC(C)CCC(=O)O. The fourth-order valence-electron chi connectivity index (χ4n) is 1.40. The molecule has 17 heavy (non-hydrogen) atoms. The molecule has 1 atom stereocenters. The van der Waals surface area contributed by atoms with Crippen molar-refractivity contribution in [3.63, 3.8) is 0 Å². The summed E-state index contributed by atoms with van der Waals surface area (Å²) in [5, 5.41) is 14.5. The summed E-state index contributed by atoms with van der Waals surface area (Å²) in [5.74, 6) is -0.833. The second-order valence-corrected chi connectivity index (χ2v) is 4.61. The predicted octanol–water partition coefficient (Wildman–Crippen LogP) is 1.13. The van der Waals surface area contributed by atoms with Gasteiger partial charge < -0.3 is 15.7 Å². The number of carboxylic acid groups (broad SMARTS) is 1. The maximum Gasteiger partial charge on any atom is 0.303 e. The van der Waals surface area contributed by atoms with Crippen LogP contribution in [-0.4, -0.2) is 35.6 Å². The Morgan fingerprint density at radius 3 is 2.35 bits per heavy atom. The maximum atomic E-state index is 11.5. The summed E-state index contributed by atoms with van der Waals surface area (Å²) >= 11 is 0. The highest BCUT2D eigenvalue weighted by molar-refractivity contribution is 5.76. The number of amides is 1. The molecule has 1 amide bonds. The van der Waals surface area contributed by atoms with E-state index in [1.54, 1.807) is 0 Å². The van der Waals surface area contributed by atoms with E-state index in [9.17, 15) is 9.59 Å². The average Bonchev–Trinajstić information content (AvgIpc) is 2.21. The largest absolute Gasteiger partial charge is 0.481 e. The van der Waals surface area contributed by atoms with Gasteiger partial charge in [0.25, 0.3) is 0 Å². The van der Waals surface area contributed by atoms with Gasteiger partial charge in [-0.2, -0.15) is 0 Å². The lowest BCUT2D eigenvalue weighted by molar-refractivity contribution is -0.137. The molecule has 0 aromatic carbocycles. The van der Waals surface area contributed by atoms with E-state index in [0.717, 1.165) is 13.0 Å². The summed E-state index contributed by atoms with van der Waals surface area (Å²) in [6.45, 7) is 6.78. The van der Waals surface area contributed by atoms with Gasteiger partial charge in [-0.05, 0) is 26.3 Å². The number of aliphatic carboxylic acids is 1. The summed E-state index contributed by atoms with van der Waals surface area (Å²) in [6.07, 6.45) is 1.86. The van der Waals surface area contributed by atoms with Gasteiger partial charge in [0.1, 0.15) is 0 Å². The molecule has 0 saturated carbocycles. The van der Waals surface area contributed by atoms with Gasteiger partial charge in [0.2, 0.25) is 5.91 Å². The van der Waals surface area contributed by atoms with E-state index < -0.39 is 5.97 Å². The van der Waals surface area contributed by atoms with E-state index in [0.29, 0.717) is 18.9 Å². The zero-order valence-electron chi connectivity index (χ0n) is 11.0. The van der Waals surface area contributed by atoms with Crippen LogP contribution in [0.15, 0.2) is 0 Å². The molecule has 0 fully saturated rings. The molecule has 0 spiro atoms. The summed E-state index contributed by atoms with van der Waals surface area (Å²) in [6, 6.07) is 0.365. The van der Waals surface area contributed by atoms with Gasteiger partial charge in [-0.15, -0.1) is 0 Å². The highest BCUT2D eigenvalue weighted by Crippen LogP contribution is 1.98. The number of carbonyl (C=O) groups excluding carboxylic acids is 1. The Bertz CT molecular complexity index is 242. The van der Waals surface area contributed by atoms with Gasteiger partial charge in [0.15, 0.2) is 0 Å². The van der Waals surface area contributed by atoms with E-state index in [2.05, 4.69) is 24.5 Å². The number of hydrogen-bond acceptors (Lipinski definition) is 3. The number of rotatable bonds is 9. The Balaban J connectivity index is 3.53. The van der Waals surface area contributed by atoms with Gasteiger partial charge in [0, 0.05) is 24.9 Å². The van der Waals surface area contributed by atoms with Crippen LogP contribution in [0.4, 0.5) is 0 Å². The minimum absolute atomic E-state index is 0.00607. The van der Waals surface area contributed by atoms with Crippen molar-refractivity contribution in [1.82, 2.24) is 10.6 Å². The third-order valence-electron chi connectivity index (χ3n) is 2.33. The van der Waals surface area contributed by atoms with Gasteiger partial charge in [-0.25, -0.2) is 0 Å². The molecular formula is C12H24N2O3. The lowest BCUT2D eigenvalue weighted by atomic mass is 10.1. The van der Waals surface area contributed by atoms with Gasteiger partial charge >= 0.3 is 5.97 Å². The van der Waals surface area contributed by atoms with Crippen LogP contribution in [0.2, 0.25) is 0 Å².